The van der Waals surface area contributed by atoms with Gasteiger partial charge in [0.2, 0.25) is 23.7 Å². The van der Waals surface area contributed by atoms with E-state index in [1.165, 1.54) is 55.2 Å². The predicted molar refractivity (Wildman–Crippen MR) is 323 cm³/mol. The van der Waals surface area contributed by atoms with Crippen molar-refractivity contribution in [2.24, 2.45) is 0 Å². The van der Waals surface area contributed by atoms with Crippen LogP contribution in [0.25, 0.3) is 0 Å². The summed E-state index contributed by atoms with van der Waals surface area (Å²) in [7, 11) is -11.6. The maximum atomic E-state index is 14.4. The molecule has 524 valence electrons. The van der Waals surface area contributed by atoms with E-state index < -0.39 is 154 Å². The number of carboxylic acid groups (broad SMARTS) is 2. The number of methoxy groups -OCH3 is 1. The molecule has 0 saturated carbocycles. The zero-order valence-electron chi connectivity index (χ0n) is 50.4. The number of aliphatic carboxylic acids is 1. The first-order valence-corrected chi connectivity index (χ1v) is 34.0. The molecule has 0 saturated heterocycles. The van der Waals surface area contributed by atoms with Crippen LogP contribution >= 0.6 is 19.2 Å². The highest BCUT2D eigenvalue weighted by Gasteiger charge is 2.41. The molecule has 2 atom stereocenters. The van der Waals surface area contributed by atoms with Crippen molar-refractivity contribution in [1.82, 2.24) is 39.7 Å². The Labute approximate surface area is 548 Å². The second-order valence-corrected chi connectivity index (χ2v) is 26.8. The quantitative estimate of drug-likeness (QED) is 0.0130. The Kier molecular flexibility index (Phi) is 31.1. The highest BCUT2D eigenvalue weighted by atomic mass is 35.5. The minimum atomic E-state index is -4.71. The first-order chi connectivity index (χ1) is 44.6. The number of imide groups is 1. The molecule has 5 aromatic rings. The Morgan fingerprint density at radius 2 is 1.29 bits per heavy atom. The molecule has 43 heteroatoms. The molecule has 2 aliphatic rings. The van der Waals surface area contributed by atoms with Crippen LogP contribution in [-0.4, -0.2) is 157 Å². The van der Waals surface area contributed by atoms with Crippen LogP contribution in [0, 0.1) is 25.1 Å². The Bertz CT molecular complexity index is 3930. The number of nitrogens with zero attached hydrogens (tertiary/aromatic N) is 6. The van der Waals surface area contributed by atoms with Crippen LogP contribution in [-0.2, 0) is 56.3 Å². The highest BCUT2D eigenvalue weighted by Crippen LogP contribution is 2.40. The molecular weight excluding hydrogens is 1410 g/mol. The molecule has 0 spiro atoms. The lowest BCUT2D eigenvalue weighted by molar-refractivity contribution is -0.193. The van der Waals surface area contributed by atoms with Crippen molar-refractivity contribution in [3.8, 4) is 35.9 Å². The van der Waals surface area contributed by atoms with E-state index in [-0.39, 0.29) is 39.8 Å². The third kappa shape index (κ3) is 27.7. The number of aromatic carboxylic acids is 1. The smallest absolute Gasteiger partial charge is 0.389 e. The number of benzene rings is 3. The summed E-state index contributed by atoms with van der Waals surface area (Å²) in [6, 6.07) is 9.31. The van der Waals surface area contributed by atoms with Gasteiger partial charge >= 0.3 is 49.4 Å². The molecule has 96 heavy (non-hydrogen) atoms. The number of anilines is 3. The average molecular weight is 1470 g/mol. The molecule has 0 radical (unpaired) electrons. The maximum absolute atomic E-state index is 14.4. The van der Waals surface area contributed by atoms with Crippen molar-refractivity contribution in [2.45, 2.75) is 87.7 Å². The molecule has 7 rings (SSSR count). The number of hydrogen-bond acceptors (Lipinski definition) is 22. The van der Waals surface area contributed by atoms with E-state index in [0.717, 1.165) is 42.0 Å². The number of alkyl halides is 7. The van der Waals surface area contributed by atoms with Gasteiger partial charge in [0.1, 0.15) is 29.9 Å². The number of carbonyl (C=O) groups is 6. The SMILES string of the molecule is C#CC(C)Oc1cc(N2C(=O)C3=C(CCCC3)C2=O)c(F)cc1Cl.COc1nc(C)nc(NC(=O)NS(=O)(=O)c2ccccc2CCC(F)(F)F)n1.C[S+](C)C.O=C(Nc1nc(OC(F)F)cc(OC(F)F)n1)NS(=O)(=O)c1ccccc1C(=O)O.O=C(O)CNCP(=O)([O-])O. The summed E-state index contributed by atoms with van der Waals surface area (Å²) in [6.07, 6.45) is 7.15. The molecule has 0 bridgehead atoms. The average Bonchev–Trinajstić information content (AvgIpc) is 1.60. The highest BCUT2D eigenvalue weighted by molar-refractivity contribution is 7.94. The predicted octanol–water partition coefficient (Wildman–Crippen LogP) is 6.36. The van der Waals surface area contributed by atoms with Crippen molar-refractivity contribution < 1.29 is 124 Å². The van der Waals surface area contributed by atoms with Gasteiger partial charge in [0, 0.05) is 23.6 Å². The first-order valence-electron chi connectivity index (χ1n) is 26.4. The normalized spacial score (nSPS) is 13.6. The molecule has 2 aromatic heterocycles. The standard InChI is InChI=1S/C18H15ClFNO3.C15H16F3N5O4S.C14H10F4N4O7S.C3H8NO5P.C3H9S/c1-3-10(2)24-16-9-15(14(20)8-13(16)19)21-17(22)11-6-4-5-7-12(11)18(21)23;1-9-19-12(22-14(20-9)27-2)21-13(24)23-28(25,26)11-6-4-3-5-10(11)7-8-15(16,17)18;15-11(16)28-8-5-9(29-12(17)18)20-13(19-8)21-14(25)22-30(26,27)7-4-2-1-3-6(7)10(23)24;5-3(6)1-4-2-10(7,8)9;1-4(2)3/h1,8-10H,4-7H2,2H3;3-6H,7-8H2,1-2H3,(H2,19,20,21,22,23,24);1-5,11-12H,(H,23,24)(H2,19,20,21,22,25);4H,1-2H2,(H,5,6)(H2,7,8,9);1-3H3/q;;;;+1/p-1. The van der Waals surface area contributed by atoms with Gasteiger partial charge in [0.05, 0.1) is 65.9 Å². The molecule has 1 aliphatic carbocycles. The van der Waals surface area contributed by atoms with E-state index in [1.807, 2.05) is 5.32 Å². The first kappa shape index (κ1) is 81.2. The number of rotatable bonds is 21. The molecule has 8 N–H and O–H groups in total. The Morgan fingerprint density at radius 1 is 0.802 bits per heavy atom. The number of ether oxygens (including phenoxy) is 4. The topological polar surface area (TPSA) is 436 Å². The summed E-state index contributed by atoms with van der Waals surface area (Å²) in [5, 5.41) is 22.8. The van der Waals surface area contributed by atoms with Crippen LogP contribution in [0.5, 0.6) is 23.5 Å². The van der Waals surface area contributed by atoms with E-state index >= 15 is 0 Å². The number of halogens is 9. The molecule has 30 nitrogen and oxygen atoms in total. The van der Waals surface area contributed by atoms with Gasteiger partial charge in [-0.1, -0.05) is 47.9 Å². The van der Waals surface area contributed by atoms with Gasteiger partial charge in [-0.05, 0) is 86.7 Å². The van der Waals surface area contributed by atoms with Crippen LogP contribution in [0.1, 0.15) is 60.8 Å². The van der Waals surface area contributed by atoms with E-state index in [2.05, 4.69) is 64.4 Å². The van der Waals surface area contributed by atoms with Gasteiger partial charge in [0.15, 0.2) is 6.10 Å². The van der Waals surface area contributed by atoms with Gasteiger partial charge in [-0.3, -0.25) is 30.3 Å². The fourth-order valence-electron chi connectivity index (χ4n) is 7.37. The second kappa shape index (κ2) is 36.7. The third-order valence-corrected chi connectivity index (χ3v) is 14.8. The van der Waals surface area contributed by atoms with Crippen molar-refractivity contribution in [3.63, 3.8) is 0 Å². The number of aromatic nitrogens is 5. The molecular formula is C53H57ClF8N11O19PS3. The minimum absolute atomic E-state index is 0.0233. The molecule has 3 aromatic carbocycles. The zero-order chi connectivity index (χ0) is 72.6. The monoisotopic (exact) mass is 1470 g/mol. The number of terminal acetylenes is 1. The molecule has 3 heterocycles. The molecule has 1 aliphatic heterocycles. The van der Waals surface area contributed by atoms with E-state index in [9.17, 15) is 90.2 Å². The lowest BCUT2D eigenvalue weighted by Gasteiger charge is -2.19. The largest absolute Gasteiger partial charge is 0.778 e. The Morgan fingerprint density at radius 3 is 1.76 bits per heavy atom. The van der Waals surface area contributed by atoms with Gasteiger partial charge in [-0.25, -0.2) is 50.0 Å². The van der Waals surface area contributed by atoms with E-state index in [1.54, 1.807) is 17.0 Å². The third-order valence-electron chi connectivity index (χ3n) is 11.0. The zero-order valence-corrected chi connectivity index (χ0v) is 54.5. The lowest BCUT2D eigenvalue weighted by Crippen LogP contribution is -2.35. The second-order valence-electron chi connectivity index (χ2n) is 19.1. The fraction of sp³-hybridized carbons (Fsp3) is 0.340. The fourth-order valence-corrected chi connectivity index (χ4v) is 10.2. The summed E-state index contributed by atoms with van der Waals surface area (Å²) in [6.45, 7) is -4.16. The van der Waals surface area contributed by atoms with Crippen molar-refractivity contribution in [3.05, 3.63) is 106 Å². The van der Waals surface area contributed by atoms with Crippen LogP contribution < -0.4 is 54.1 Å². The molecule has 0 fully saturated rings. The van der Waals surface area contributed by atoms with Crippen LogP contribution in [0.15, 0.2) is 87.7 Å². The molecule has 2 unspecified atom stereocenters. The Balaban J connectivity index is 0.000000342. The number of hydrogen-bond donors (Lipinski definition) is 8. The Hall–Kier alpha value is -9.04. The summed E-state index contributed by atoms with van der Waals surface area (Å²) in [5.41, 5.74) is 0.0925. The van der Waals surface area contributed by atoms with Crippen LogP contribution in [0.4, 0.5) is 62.3 Å². The van der Waals surface area contributed by atoms with Crippen LogP contribution in [0.2, 0.25) is 5.02 Å². The maximum Gasteiger partial charge on any atom is 0.389 e. The van der Waals surface area contributed by atoms with Crippen molar-refractivity contribution >= 4 is 104 Å². The summed E-state index contributed by atoms with van der Waals surface area (Å²) in [5.74, 6) is -4.87. The van der Waals surface area contributed by atoms with Gasteiger partial charge < -0.3 is 43.5 Å². The number of urea groups is 2. The van der Waals surface area contributed by atoms with Gasteiger partial charge in [-0.2, -0.15) is 55.7 Å². The molecule has 6 amide bonds. The van der Waals surface area contributed by atoms with E-state index in [0.29, 0.717) is 40.9 Å². The number of sulfonamides is 2. The number of amides is 6. The van der Waals surface area contributed by atoms with E-state index in [4.69, 9.17) is 42.6 Å². The minimum Gasteiger partial charge on any atom is -0.778 e. The van der Waals surface area contributed by atoms with Crippen molar-refractivity contribution in [1.29, 1.82) is 0 Å². The van der Waals surface area contributed by atoms with Gasteiger partial charge in [0.25, 0.3) is 31.9 Å². The summed E-state index contributed by atoms with van der Waals surface area (Å²) in [4.78, 5) is 106. The number of nitrogens with one attached hydrogen (secondary N) is 5. The van der Waals surface area contributed by atoms with Gasteiger partial charge in [-0.15, -0.1) is 6.42 Å². The number of carbonyl (C=O) groups excluding carboxylic acids is 4. The van der Waals surface area contributed by atoms with Crippen LogP contribution in [0.3, 0.4) is 0 Å². The summed E-state index contributed by atoms with van der Waals surface area (Å²) >= 11 is 5.97. The number of aryl methyl sites for hydroxylation is 2. The van der Waals surface area contributed by atoms with Crippen molar-refractivity contribution in [2.75, 3.05) is 54.2 Å². The number of carboxylic acids is 2. The lowest BCUT2D eigenvalue weighted by atomic mass is 9.93. The summed E-state index contributed by atoms with van der Waals surface area (Å²) < 4.78 is 182.